The van der Waals surface area contributed by atoms with Crippen molar-refractivity contribution in [3.05, 3.63) is 29.6 Å². The Morgan fingerprint density at radius 3 is 2.30 bits per heavy atom. The third kappa shape index (κ3) is 3.43. The molecule has 126 valence electrons. The van der Waals surface area contributed by atoms with Crippen LogP contribution in [0.5, 0.6) is 0 Å². The standard InChI is InChI=1S/C18H25FN2O2/c1-12-7-15(19)5-6-16(12)20-8-13-10-21(11-14(13)9-20)17(22)23-18(2,3)4/h5-7,13-14H,8-11H2,1-4H3/t13-,14+. The van der Waals surface area contributed by atoms with Crippen LogP contribution < -0.4 is 4.90 Å². The van der Waals surface area contributed by atoms with Gasteiger partial charge in [-0.2, -0.15) is 0 Å². The number of carbonyl (C=O) groups excluding carboxylic acids is 1. The summed E-state index contributed by atoms with van der Waals surface area (Å²) in [6.45, 7) is 10.9. The number of likely N-dealkylation sites (tertiary alicyclic amines) is 1. The molecule has 2 atom stereocenters. The van der Waals surface area contributed by atoms with E-state index in [2.05, 4.69) is 4.90 Å². The van der Waals surface area contributed by atoms with Gasteiger partial charge in [0.2, 0.25) is 0 Å². The van der Waals surface area contributed by atoms with Gasteiger partial charge in [0.05, 0.1) is 0 Å². The normalized spacial score (nSPS) is 24.0. The van der Waals surface area contributed by atoms with Gasteiger partial charge in [-0.3, -0.25) is 0 Å². The number of carbonyl (C=O) groups is 1. The largest absolute Gasteiger partial charge is 0.444 e. The van der Waals surface area contributed by atoms with Gasteiger partial charge in [-0.15, -0.1) is 0 Å². The molecular formula is C18H25FN2O2. The van der Waals surface area contributed by atoms with Crippen molar-refractivity contribution in [2.24, 2.45) is 11.8 Å². The van der Waals surface area contributed by atoms with Crippen molar-refractivity contribution in [1.29, 1.82) is 0 Å². The Labute approximate surface area is 137 Å². The molecule has 1 aromatic carbocycles. The van der Waals surface area contributed by atoms with Crippen molar-refractivity contribution < 1.29 is 13.9 Å². The van der Waals surface area contributed by atoms with Crippen molar-refractivity contribution in [3.8, 4) is 0 Å². The van der Waals surface area contributed by atoms with E-state index in [9.17, 15) is 9.18 Å². The Balaban J connectivity index is 1.62. The first-order chi connectivity index (χ1) is 10.7. The molecule has 4 nitrogen and oxygen atoms in total. The zero-order chi connectivity index (χ0) is 16.8. The van der Waals surface area contributed by atoms with Crippen molar-refractivity contribution in [3.63, 3.8) is 0 Å². The molecule has 0 aromatic heterocycles. The van der Waals surface area contributed by atoms with Crippen LogP contribution in [0.3, 0.4) is 0 Å². The second-order valence-corrected chi connectivity index (χ2v) is 7.74. The fraction of sp³-hybridized carbons (Fsp3) is 0.611. The highest BCUT2D eigenvalue weighted by Gasteiger charge is 2.42. The van der Waals surface area contributed by atoms with Crippen LogP contribution in [-0.4, -0.2) is 42.8 Å². The van der Waals surface area contributed by atoms with E-state index in [1.54, 1.807) is 6.07 Å². The summed E-state index contributed by atoms with van der Waals surface area (Å²) in [7, 11) is 0. The third-order valence-corrected chi connectivity index (χ3v) is 4.64. The van der Waals surface area contributed by atoms with Crippen LogP contribution in [0.1, 0.15) is 26.3 Å². The van der Waals surface area contributed by atoms with Gasteiger partial charge in [-0.05, 0) is 51.5 Å². The molecule has 0 aliphatic carbocycles. The maximum absolute atomic E-state index is 13.3. The van der Waals surface area contributed by atoms with Crippen LogP contribution >= 0.6 is 0 Å². The van der Waals surface area contributed by atoms with Crippen LogP contribution in [0.25, 0.3) is 0 Å². The molecule has 0 unspecified atom stereocenters. The molecule has 1 aromatic rings. The molecule has 1 amide bonds. The zero-order valence-electron chi connectivity index (χ0n) is 14.3. The first-order valence-corrected chi connectivity index (χ1v) is 8.22. The van der Waals surface area contributed by atoms with E-state index in [0.29, 0.717) is 11.8 Å². The molecule has 2 fully saturated rings. The average Bonchev–Trinajstić information content (AvgIpc) is 2.94. The Hall–Kier alpha value is -1.78. The van der Waals surface area contributed by atoms with Crippen LogP contribution in [-0.2, 0) is 4.74 Å². The summed E-state index contributed by atoms with van der Waals surface area (Å²) < 4.78 is 18.7. The highest BCUT2D eigenvalue weighted by molar-refractivity contribution is 5.68. The van der Waals surface area contributed by atoms with Crippen molar-refractivity contribution in [2.45, 2.75) is 33.3 Å². The Kier molecular flexibility index (Phi) is 3.98. The minimum absolute atomic E-state index is 0.193. The van der Waals surface area contributed by atoms with E-state index in [-0.39, 0.29) is 11.9 Å². The summed E-state index contributed by atoms with van der Waals surface area (Å²) in [4.78, 5) is 16.3. The van der Waals surface area contributed by atoms with Gasteiger partial charge in [0, 0.05) is 43.7 Å². The lowest BCUT2D eigenvalue weighted by Gasteiger charge is -2.27. The van der Waals surface area contributed by atoms with Crippen LogP contribution in [0.4, 0.5) is 14.9 Å². The lowest BCUT2D eigenvalue weighted by atomic mass is 10.0. The Morgan fingerprint density at radius 2 is 1.78 bits per heavy atom. The summed E-state index contributed by atoms with van der Waals surface area (Å²) in [5, 5.41) is 0. The van der Waals surface area contributed by atoms with Crippen LogP contribution in [0, 0.1) is 24.6 Å². The molecule has 3 rings (SSSR count). The Bertz CT molecular complexity index is 598. The van der Waals surface area contributed by atoms with Crippen molar-refractivity contribution in [2.75, 3.05) is 31.1 Å². The second kappa shape index (κ2) is 5.69. The van der Waals surface area contributed by atoms with Crippen molar-refractivity contribution in [1.82, 2.24) is 4.90 Å². The summed E-state index contributed by atoms with van der Waals surface area (Å²) in [5.41, 5.74) is 1.62. The molecule has 5 heteroatoms. The highest BCUT2D eigenvalue weighted by Crippen LogP contribution is 2.35. The number of halogens is 1. The molecule has 23 heavy (non-hydrogen) atoms. The van der Waals surface area contributed by atoms with Crippen LogP contribution in [0.15, 0.2) is 18.2 Å². The van der Waals surface area contributed by atoms with Gasteiger partial charge in [0.15, 0.2) is 0 Å². The SMILES string of the molecule is Cc1cc(F)ccc1N1C[C@H]2CN(C(=O)OC(C)(C)C)C[C@H]2C1. The monoisotopic (exact) mass is 320 g/mol. The molecule has 0 spiro atoms. The fourth-order valence-electron chi connectivity index (χ4n) is 3.64. The second-order valence-electron chi connectivity index (χ2n) is 7.74. The molecular weight excluding hydrogens is 295 g/mol. The quantitative estimate of drug-likeness (QED) is 0.795. The number of hydrogen-bond donors (Lipinski definition) is 0. The highest BCUT2D eigenvalue weighted by atomic mass is 19.1. The summed E-state index contributed by atoms with van der Waals surface area (Å²) >= 11 is 0. The lowest BCUT2D eigenvalue weighted by molar-refractivity contribution is 0.0282. The average molecular weight is 320 g/mol. The number of aryl methyl sites for hydroxylation is 1. The third-order valence-electron chi connectivity index (χ3n) is 4.64. The molecule has 0 N–H and O–H groups in total. The molecule has 0 saturated carbocycles. The zero-order valence-corrected chi connectivity index (χ0v) is 14.3. The number of anilines is 1. The number of amides is 1. The predicted molar refractivity (Wildman–Crippen MR) is 88.1 cm³/mol. The molecule has 2 aliphatic heterocycles. The van der Waals surface area contributed by atoms with Gasteiger partial charge >= 0.3 is 6.09 Å². The van der Waals surface area contributed by atoms with E-state index in [1.807, 2.05) is 38.7 Å². The van der Waals surface area contributed by atoms with Gasteiger partial charge in [-0.25, -0.2) is 9.18 Å². The lowest BCUT2D eigenvalue weighted by Crippen LogP contribution is -2.37. The van der Waals surface area contributed by atoms with Crippen molar-refractivity contribution >= 4 is 11.8 Å². The number of hydrogen-bond acceptors (Lipinski definition) is 3. The number of nitrogens with zero attached hydrogens (tertiary/aromatic N) is 2. The molecule has 0 radical (unpaired) electrons. The minimum Gasteiger partial charge on any atom is -0.444 e. The maximum atomic E-state index is 13.3. The van der Waals surface area contributed by atoms with E-state index < -0.39 is 5.60 Å². The maximum Gasteiger partial charge on any atom is 0.410 e. The molecule has 2 aliphatic rings. The number of ether oxygens (including phenoxy) is 1. The summed E-state index contributed by atoms with van der Waals surface area (Å²) in [6, 6.07) is 4.96. The van der Waals surface area contributed by atoms with Gasteiger partial charge in [0.1, 0.15) is 11.4 Å². The molecule has 2 saturated heterocycles. The van der Waals surface area contributed by atoms with Gasteiger partial charge in [0.25, 0.3) is 0 Å². The molecule has 0 bridgehead atoms. The van der Waals surface area contributed by atoms with Gasteiger partial charge < -0.3 is 14.5 Å². The topological polar surface area (TPSA) is 32.8 Å². The number of rotatable bonds is 1. The minimum atomic E-state index is -0.452. The summed E-state index contributed by atoms with van der Waals surface area (Å²) in [5.74, 6) is 0.737. The van der Waals surface area contributed by atoms with Gasteiger partial charge in [-0.1, -0.05) is 0 Å². The number of fused-ring (bicyclic) bond motifs is 1. The fourth-order valence-corrected chi connectivity index (χ4v) is 3.64. The van der Waals surface area contributed by atoms with E-state index in [0.717, 1.165) is 37.4 Å². The predicted octanol–water partition coefficient (Wildman–Crippen LogP) is 3.44. The smallest absolute Gasteiger partial charge is 0.410 e. The first-order valence-electron chi connectivity index (χ1n) is 8.22. The Morgan fingerprint density at radius 1 is 1.17 bits per heavy atom. The van der Waals surface area contributed by atoms with Crippen LogP contribution in [0.2, 0.25) is 0 Å². The van der Waals surface area contributed by atoms with E-state index >= 15 is 0 Å². The molecule has 2 heterocycles. The van der Waals surface area contributed by atoms with E-state index in [1.165, 1.54) is 6.07 Å². The first kappa shape index (κ1) is 16.1. The number of benzene rings is 1. The summed E-state index contributed by atoms with van der Waals surface area (Å²) in [6.07, 6.45) is -0.212. The van der Waals surface area contributed by atoms with E-state index in [4.69, 9.17) is 4.74 Å².